The van der Waals surface area contributed by atoms with Gasteiger partial charge in [-0.15, -0.1) is 0 Å². The first kappa shape index (κ1) is 20.1. The molecule has 1 aromatic heterocycles. The summed E-state index contributed by atoms with van der Waals surface area (Å²) in [6.45, 7) is -1.34. The summed E-state index contributed by atoms with van der Waals surface area (Å²) in [5.41, 5.74) is 2.02. The van der Waals surface area contributed by atoms with E-state index in [0.29, 0.717) is 11.4 Å². The number of benzene rings is 2. The Bertz CT molecular complexity index is 972. The van der Waals surface area contributed by atoms with Crippen molar-refractivity contribution in [2.45, 2.75) is 18.5 Å². The highest BCUT2D eigenvalue weighted by Crippen LogP contribution is 2.22. The number of carbonyl (C=O) groups excluding carboxylic acids is 1. The minimum atomic E-state index is -4.42. The smallest absolute Gasteiger partial charge is 0.422 e. The molecule has 0 fully saturated rings. The van der Waals surface area contributed by atoms with Crippen LogP contribution in [0.1, 0.15) is 5.82 Å². The van der Waals surface area contributed by atoms with E-state index in [0.717, 1.165) is 16.9 Å². The van der Waals surface area contributed by atoms with Crippen molar-refractivity contribution >= 4 is 34.4 Å². The summed E-state index contributed by atoms with van der Waals surface area (Å²) in [6.07, 6.45) is -2.47. The van der Waals surface area contributed by atoms with Gasteiger partial charge in [-0.1, -0.05) is 18.2 Å². The number of amides is 1. The Kier molecular flexibility index (Phi) is 6.13. The second-order valence-electron chi connectivity index (χ2n) is 6.02. The van der Waals surface area contributed by atoms with Crippen molar-refractivity contribution in [1.82, 2.24) is 9.55 Å². The number of carbonyl (C=O) groups is 1. The predicted molar refractivity (Wildman–Crippen MR) is 104 cm³/mol. The monoisotopic (exact) mass is 409 g/mol. The Hall–Kier alpha value is -2.68. The predicted octanol–water partition coefficient (Wildman–Crippen LogP) is 4.48. The lowest BCUT2D eigenvalue weighted by atomic mass is 10.3. The standard InChI is InChI=1S/C19H18F3N3O2S/c1-28-11-17-24-15-7-2-3-8-16(15)25(17)10-18(26)23-13-5-4-6-14(9-13)27-12-19(20,21)22/h2-9H,10-12H2,1H3,(H,23,26). The SMILES string of the molecule is CSCc1nc2ccccc2n1CC(=O)Nc1cccc(OCC(F)(F)F)c1. The highest BCUT2D eigenvalue weighted by molar-refractivity contribution is 7.97. The number of nitrogens with zero attached hydrogens (tertiary/aromatic N) is 2. The van der Waals surface area contributed by atoms with Crippen LogP contribution >= 0.6 is 11.8 Å². The zero-order chi connectivity index (χ0) is 20.1. The summed E-state index contributed by atoms with van der Waals surface area (Å²) >= 11 is 1.60. The van der Waals surface area contributed by atoms with Crippen molar-refractivity contribution in [3.8, 4) is 5.75 Å². The van der Waals surface area contributed by atoms with Gasteiger partial charge in [-0.3, -0.25) is 4.79 Å². The third-order valence-electron chi connectivity index (χ3n) is 3.83. The van der Waals surface area contributed by atoms with Gasteiger partial charge in [0, 0.05) is 11.8 Å². The summed E-state index contributed by atoms with van der Waals surface area (Å²) in [4.78, 5) is 17.1. The number of alkyl halides is 3. The molecular weight excluding hydrogens is 391 g/mol. The Morgan fingerprint density at radius 2 is 2.00 bits per heavy atom. The van der Waals surface area contributed by atoms with Gasteiger partial charge in [0.05, 0.1) is 16.8 Å². The maximum absolute atomic E-state index is 12.5. The van der Waals surface area contributed by atoms with Crippen LogP contribution in [0.2, 0.25) is 0 Å². The number of halogens is 3. The molecule has 1 N–H and O–H groups in total. The number of aromatic nitrogens is 2. The van der Waals surface area contributed by atoms with Crippen molar-refractivity contribution in [2.75, 3.05) is 18.2 Å². The van der Waals surface area contributed by atoms with Crippen molar-refractivity contribution in [3.63, 3.8) is 0 Å². The molecular formula is C19H18F3N3O2S. The third-order valence-corrected chi connectivity index (χ3v) is 4.38. The van der Waals surface area contributed by atoms with Crippen LogP contribution in [0.5, 0.6) is 5.75 Å². The first-order chi connectivity index (χ1) is 13.4. The molecule has 0 bridgehead atoms. The van der Waals surface area contributed by atoms with Gasteiger partial charge >= 0.3 is 6.18 Å². The van der Waals surface area contributed by atoms with E-state index in [9.17, 15) is 18.0 Å². The molecule has 0 aliphatic heterocycles. The van der Waals surface area contributed by atoms with Crippen LogP contribution < -0.4 is 10.1 Å². The molecule has 0 aliphatic carbocycles. The molecule has 9 heteroatoms. The second kappa shape index (κ2) is 8.55. The fraction of sp³-hybridized carbons (Fsp3) is 0.263. The molecule has 0 radical (unpaired) electrons. The Morgan fingerprint density at radius 3 is 2.75 bits per heavy atom. The number of hydrogen-bond acceptors (Lipinski definition) is 4. The molecule has 0 atom stereocenters. The van der Waals surface area contributed by atoms with Crippen LogP contribution in [0.15, 0.2) is 48.5 Å². The highest BCUT2D eigenvalue weighted by Gasteiger charge is 2.28. The van der Waals surface area contributed by atoms with Crippen molar-refractivity contribution in [2.24, 2.45) is 0 Å². The molecule has 0 unspecified atom stereocenters. The molecule has 28 heavy (non-hydrogen) atoms. The zero-order valence-electron chi connectivity index (χ0n) is 15.0. The highest BCUT2D eigenvalue weighted by atomic mass is 32.2. The van der Waals surface area contributed by atoms with Crippen LogP contribution in [0, 0.1) is 0 Å². The fourth-order valence-corrected chi connectivity index (χ4v) is 3.19. The summed E-state index contributed by atoms with van der Waals surface area (Å²) in [6, 6.07) is 13.4. The van der Waals surface area contributed by atoms with E-state index >= 15 is 0 Å². The van der Waals surface area contributed by atoms with E-state index in [-0.39, 0.29) is 18.2 Å². The van der Waals surface area contributed by atoms with Gasteiger partial charge in [0.15, 0.2) is 6.61 Å². The summed E-state index contributed by atoms with van der Waals surface area (Å²) in [5, 5.41) is 2.70. The summed E-state index contributed by atoms with van der Waals surface area (Å²) in [5.74, 6) is 1.17. The van der Waals surface area contributed by atoms with Gasteiger partial charge in [-0.2, -0.15) is 24.9 Å². The Labute approximate surface area is 163 Å². The number of fused-ring (bicyclic) bond motifs is 1. The molecule has 0 spiro atoms. The zero-order valence-corrected chi connectivity index (χ0v) is 15.8. The average molecular weight is 409 g/mol. The molecule has 3 rings (SSSR count). The average Bonchev–Trinajstić information content (AvgIpc) is 2.97. The third kappa shape index (κ3) is 5.19. The van der Waals surface area contributed by atoms with Gasteiger partial charge in [0.2, 0.25) is 5.91 Å². The number of rotatable bonds is 7. The largest absolute Gasteiger partial charge is 0.484 e. The van der Waals surface area contributed by atoms with Crippen molar-refractivity contribution < 1.29 is 22.7 Å². The summed E-state index contributed by atoms with van der Waals surface area (Å²) in [7, 11) is 0. The number of anilines is 1. The number of para-hydroxylation sites is 2. The van der Waals surface area contributed by atoms with Crippen LogP contribution in [-0.2, 0) is 17.1 Å². The van der Waals surface area contributed by atoms with E-state index in [2.05, 4.69) is 10.3 Å². The van der Waals surface area contributed by atoms with Gasteiger partial charge in [0.25, 0.3) is 0 Å². The number of ether oxygens (including phenoxy) is 1. The van der Waals surface area contributed by atoms with E-state index in [4.69, 9.17) is 4.74 Å². The Morgan fingerprint density at radius 1 is 1.21 bits per heavy atom. The van der Waals surface area contributed by atoms with Crippen molar-refractivity contribution in [1.29, 1.82) is 0 Å². The molecule has 0 aliphatic rings. The topological polar surface area (TPSA) is 56.2 Å². The van der Waals surface area contributed by atoms with Crippen LogP contribution in [-0.4, -0.2) is 34.5 Å². The van der Waals surface area contributed by atoms with E-state index in [1.807, 2.05) is 35.1 Å². The first-order valence-electron chi connectivity index (χ1n) is 8.38. The quantitative estimate of drug-likeness (QED) is 0.625. The first-order valence-corrected chi connectivity index (χ1v) is 9.77. The molecule has 148 valence electrons. The second-order valence-corrected chi connectivity index (χ2v) is 6.88. The minimum absolute atomic E-state index is 0.0336. The van der Waals surface area contributed by atoms with Gasteiger partial charge < -0.3 is 14.6 Å². The fourth-order valence-electron chi connectivity index (χ4n) is 2.71. The number of nitrogens with one attached hydrogen (secondary N) is 1. The van der Waals surface area contributed by atoms with Gasteiger partial charge in [0.1, 0.15) is 18.1 Å². The van der Waals surface area contributed by atoms with Gasteiger partial charge in [-0.25, -0.2) is 4.98 Å². The molecule has 3 aromatic rings. The minimum Gasteiger partial charge on any atom is -0.484 e. The summed E-state index contributed by atoms with van der Waals surface area (Å²) < 4.78 is 43.4. The molecule has 1 amide bonds. The van der Waals surface area contributed by atoms with Gasteiger partial charge in [-0.05, 0) is 30.5 Å². The van der Waals surface area contributed by atoms with E-state index in [1.165, 1.54) is 18.2 Å². The molecule has 5 nitrogen and oxygen atoms in total. The lowest BCUT2D eigenvalue weighted by Gasteiger charge is -2.12. The van der Waals surface area contributed by atoms with Crippen LogP contribution in [0.3, 0.4) is 0 Å². The molecule has 1 heterocycles. The Balaban J connectivity index is 1.73. The lowest BCUT2D eigenvalue weighted by molar-refractivity contribution is -0.153. The number of hydrogen-bond donors (Lipinski definition) is 1. The van der Waals surface area contributed by atoms with E-state index < -0.39 is 12.8 Å². The maximum atomic E-state index is 12.5. The molecule has 2 aromatic carbocycles. The molecule has 0 saturated carbocycles. The number of imidazole rings is 1. The van der Waals surface area contributed by atoms with E-state index in [1.54, 1.807) is 17.8 Å². The normalized spacial score (nSPS) is 11.6. The van der Waals surface area contributed by atoms with Crippen molar-refractivity contribution in [3.05, 3.63) is 54.4 Å². The molecule has 0 saturated heterocycles. The van der Waals surface area contributed by atoms with Crippen LogP contribution in [0.25, 0.3) is 11.0 Å². The lowest BCUT2D eigenvalue weighted by Crippen LogP contribution is -2.20. The van der Waals surface area contributed by atoms with Crippen LogP contribution in [0.4, 0.5) is 18.9 Å². The number of thioether (sulfide) groups is 1. The maximum Gasteiger partial charge on any atom is 0.422 e.